The Morgan fingerprint density at radius 3 is 2.48 bits per heavy atom. The molecule has 1 aromatic rings. The standard InChI is InChI=1S/C17H26F2N2/c1-2-3-12-4-7-14(8-5-12)17(21-20)11-13-6-9-15(18)16(19)10-13/h6,9-10,12,14,17,21H,2-5,7-8,11,20H2,1H3. The van der Waals surface area contributed by atoms with Crippen LogP contribution in [0.5, 0.6) is 0 Å². The number of rotatable bonds is 6. The van der Waals surface area contributed by atoms with Gasteiger partial charge < -0.3 is 0 Å². The molecule has 118 valence electrons. The van der Waals surface area contributed by atoms with Gasteiger partial charge in [0, 0.05) is 6.04 Å². The molecule has 1 fully saturated rings. The monoisotopic (exact) mass is 296 g/mol. The molecule has 0 aliphatic heterocycles. The Hall–Kier alpha value is -1.00. The molecule has 1 unspecified atom stereocenters. The highest BCUT2D eigenvalue weighted by Crippen LogP contribution is 2.34. The topological polar surface area (TPSA) is 38.0 Å². The summed E-state index contributed by atoms with van der Waals surface area (Å²) in [5.41, 5.74) is 3.68. The summed E-state index contributed by atoms with van der Waals surface area (Å²) in [6.45, 7) is 2.24. The number of halogens is 2. The van der Waals surface area contributed by atoms with E-state index in [0.29, 0.717) is 12.3 Å². The third-order valence-electron chi connectivity index (χ3n) is 4.81. The highest BCUT2D eigenvalue weighted by Gasteiger charge is 2.27. The van der Waals surface area contributed by atoms with Gasteiger partial charge in [-0.1, -0.05) is 38.7 Å². The van der Waals surface area contributed by atoms with E-state index in [1.54, 1.807) is 6.07 Å². The van der Waals surface area contributed by atoms with Gasteiger partial charge in [-0.05, 0) is 48.8 Å². The Labute approximate surface area is 126 Å². The van der Waals surface area contributed by atoms with Crippen LogP contribution in [0.15, 0.2) is 18.2 Å². The summed E-state index contributed by atoms with van der Waals surface area (Å²) in [6.07, 6.45) is 8.07. The van der Waals surface area contributed by atoms with Gasteiger partial charge in [0.2, 0.25) is 0 Å². The van der Waals surface area contributed by atoms with E-state index in [-0.39, 0.29) is 6.04 Å². The van der Waals surface area contributed by atoms with E-state index in [1.807, 2.05) is 0 Å². The Kier molecular flexibility index (Phi) is 6.12. The molecule has 1 atom stereocenters. The number of benzene rings is 1. The first-order chi connectivity index (χ1) is 10.1. The van der Waals surface area contributed by atoms with Gasteiger partial charge >= 0.3 is 0 Å². The third kappa shape index (κ3) is 4.48. The maximum atomic E-state index is 13.3. The zero-order chi connectivity index (χ0) is 15.2. The van der Waals surface area contributed by atoms with Crippen molar-refractivity contribution in [2.75, 3.05) is 0 Å². The minimum absolute atomic E-state index is 0.137. The zero-order valence-electron chi connectivity index (χ0n) is 12.7. The van der Waals surface area contributed by atoms with Gasteiger partial charge in [-0.2, -0.15) is 0 Å². The third-order valence-corrected chi connectivity index (χ3v) is 4.81. The predicted octanol–water partition coefficient (Wildman–Crippen LogP) is 3.95. The first-order valence-electron chi connectivity index (χ1n) is 8.04. The van der Waals surface area contributed by atoms with E-state index in [2.05, 4.69) is 12.3 Å². The van der Waals surface area contributed by atoms with Gasteiger partial charge in [0.25, 0.3) is 0 Å². The molecular weight excluding hydrogens is 270 g/mol. The minimum atomic E-state index is -0.795. The maximum absolute atomic E-state index is 13.3. The molecule has 0 amide bonds. The van der Waals surface area contributed by atoms with E-state index < -0.39 is 11.6 Å². The summed E-state index contributed by atoms with van der Waals surface area (Å²) in [5, 5.41) is 0. The van der Waals surface area contributed by atoms with Crippen LogP contribution in [0.25, 0.3) is 0 Å². The molecule has 4 heteroatoms. The number of nitrogens with two attached hydrogens (primary N) is 1. The van der Waals surface area contributed by atoms with Crippen LogP contribution in [-0.2, 0) is 6.42 Å². The van der Waals surface area contributed by atoms with Crippen LogP contribution in [-0.4, -0.2) is 6.04 Å². The van der Waals surface area contributed by atoms with Crippen molar-refractivity contribution >= 4 is 0 Å². The van der Waals surface area contributed by atoms with Crippen molar-refractivity contribution in [3.8, 4) is 0 Å². The molecule has 0 saturated heterocycles. The second-order valence-electron chi connectivity index (χ2n) is 6.30. The second kappa shape index (κ2) is 7.85. The van der Waals surface area contributed by atoms with Gasteiger partial charge in [-0.15, -0.1) is 0 Å². The van der Waals surface area contributed by atoms with E-state index in [1.165, 1.54) is 50.7 Å². The average molecular weight is 296 g/mol. The van der Waals surface area contributed by atoms with Crippen molar-refractivity contribution in [2.45, 2.75) is 57.9 Å². The summed E-state index contributed by atoms with van der Waals surface area (Å²) in [7, 11) is 0. The normalized spacial score (nSPS) is 24.0. The molecule has 3 N–H and O–H groups in total. The fourth-order valence-electron chi connectivity index (χ4n) is 3.57. The lowest BCUT2D eigenvalue weighted by Gasteiger charge is -2.33. The molecule has 0 radical (unpaired) electrons. The van der Waals surface area contributed by atoms with Gasteiger partial charge in [-0.25, -0.2) is 8.78 Å². The molecule has 1 aliphatic carbocycles. The lowest BCUT2D eigenvalue weighted by molar-refractivity contribution is 0.213. The lowest BCUT2D eigenvalue weighted by atomic mass is 9.76. The molecular formula is C17H26F2N2. The van der Waals surface area contributed by atoms with Crippen molar-refractivity contribution < 1.29 is 8.78 Å². The van der Waals surface area contributed by atoms with Crippen LogP contribution in [0.4, 0.5) is 8.78 Å². The molecule has 2 rings (SSSR count). The van der Waals surface area contributed by atoms with E-state index in [0.717, 1.165) is 11.5 Å². The smallest absolute Gasteiger partial charge is 0.159 e. The highest BCUT2D eigenvalue weighted by atomic mass is 19.2. The molecule has 21 heavy (non-hydrogen) atoms. The first-order valence-corrected chi connectivity index (χ1v) is 8.04. The summed E-state index contributed by atoms with van der Waals surface area (Å²) in [6, 6.07) is 4.25. The van der Waals surface area contributed by atoms with Gasteiger partial charge in [0.15, 0.2) is 11.6 Å². The molecule has 0 aromatic heterocycles. The fraction of sp³-hybridized carbons (Fsp3) is 0.647. The van der Waals surface area contributed by atoms with Gasteiger partial charge in [0.1, 0.15) is 0 Å². The largest absolute Gasteiger partial charge is 0.271 e. The number of hydrazine groups is 1. The molecule has 0 bridgehead atoms. The van der Waals surface area contributed by atoms with E-state index in [4.69, 9.17) is 5.84 Å². The molecule has 0 spiro atoms. The number of hydrogen-bond donors (Lipinski definition) is 2. The van der Waals surface area contributed by atoms with E-state index in [9.17, 15) is 8.78 Å². The molecule has 0 heterocycles. The van der Waals surface area contributed by atoms with Crippen LogP contribution in [0.2, 0.25) is 0 Å². The molecule has 2 nitrogen and oxygen atoms in total. The molecule has 1 saturated carbocycles. The van der Waals surface area contributed by atoms with Crippen molar-refractivity contribution in [2.24, 2.45) is 17.7 Å². The average Bonchev–Trinajstić information content (AvgIpc) is 2.50. The Morgan fingerprint density at radius 1 is 1.19 bits per heavy atom. The highest BCUT2D eigenvalue weighted by molar-refractivity contribution is 5.19. The first kappa shape index (κ1) is 16.4. The zero-order valence-corrected chi connectivity index (χ0v) is 12.7. The Morgan fingerprint density at radius 2 is 1.90 bits per heavy atom. The van der Waals surface area contributed by atoms with Crippen molar-refractivity contribution in [3.05, 3.63) is 35.4 Å². The van der Waals surface area contributed by atoms with Crippen LogP contribution in [0, 0.1) is 23.5 Å². The molecule has 1 aliphatic rings. The number of nitrogens with one attached hydrogen (secondary N) is 1. The van der Waals surface area contributed by atoms with Crippen LogP contribution in [0.1, 0.15) is 51.0 Å². The quantitative estimate of drug-likeness (QED) is 0.616. The Balaban J connectivity index is 1.92. The second-order valence-corrected chi connectivity index (χ2v) is 6.30. The summed E-state index contributed by atoms with van der Waals surface area (Å²) >= 11 is 0. The van der Waals surface area contributed by atoms with Crippen LogP contribution >= 0.6 is 0 Å². The summed E-state index contributed by atoms with van der Waals surface area (Å²) in [5.74, 6) is 5.50. The van der Waals surface area contributed by atoms with E-state index >= 15 is 0 Å². The van der Waals surface area contributed by atoms with Crippen molar-refractivity contribution in [3.63, 3.8) is 0 Å². The van der Waals surface area contributed by atoms with Gasteiger partial charge in [0.05, 0.1) is 0 Å². The van der Waals surface area contributed by atoms with Crippen molar-refractivity contribution in [1.29, 1.82) is 0 Å². The minimum Gasteiger partial charge on any atom is -0.271 e. The molecule has 1 aromatic carbocycles. The lowest BCUT2D eigenvalue weighted by Crippen LogP contribution is -2.43. The maximum Gasteiger partial charge on any atom is 0.159 e. The fourth-order valence-corrected chi connectivity index (χ4v) is 3.57. The van der Waals surface area contributed by atoms with Crippen molar-refractivity contribution in [1.82, 2.24) is 5.43 Å². The summed E-state index contributed by atoms with van der Waals surface area (Å²) < 4.78 is 26.3. The van der Waals surface area contributed by atoms with Crippen LogP contribution in [0.3, 0.4) is 0 Å². The van der Waals surface area contributed by atoms with Gasteiger partial charge in [-0.3, -0.25) is 11.3 Å². The summed E-state index contributed by atoms with van der Waals surface area (Å²) in [4.78, 5) is 0. The SMILES string of the molecule is CCCC1CCC(C(Cc2ccc(F)c(F)c2)NN)CC1. The van der Waals surface area contributed by atoms with Crippen LogP contribution < -0.4 is 11.3 Å². The predicted molar refractivity (Wildman–Crippen MR) is 81.5 cm³/mol. The Bertz CT molecular complexity index is 442. The number of hydrogen-bond acceptors (Lipinski definition) is 2.